The first-order valence-electron chi connectivity index (χ1n) is 39.8. The second kappa shape index (κ2) is 75.3. The van der Waals surface area contributed by atoms with Crippen molar-refractivity contribution in [2.24, 2.45) is 0 Å². The molecule has 508 valence electrons. The van der Waals surface area contributed by atoms with Crippen molar-refractivity contribution in [1.82, 2.24) is 5.32 Å². The Morgan fingerprint density at radius 1 is 0.282 bits per heavy atom. The molecule has 2 unspecified atom stereocenters. The molecule has 0 heterocycles. The van der Waals surface area contributed by atoms with Crippen LogP contribution in [0.4, 0.5) is 0 Å². The van der Waals surface area contributed by atoms with Gasteiger partial charge in [0.1, 0.15) is 0 Å². The third-order valence-corrected chi connectivity index (χ3v) is 19.2. The summed E-state index contributed by atoms with van der Waals surface area (Å²) in [4.78, 5) is 24.7. The number of hydrogen-bond acceptors (Lipinski definition) is 5. The predicted octanol–water partition coefficient (Wildman–Crippen LogP) is 26.1. The highest BCUT2D eigenvalue weighted by Crippen LogP contribution is 2.21. The summed E-state index contributed by atoms with van der Waals surface area (Å²) in [5, 5.41) is 23.5. The molecular weight excluding hydrogens is 1040 g/mol. The van der Waals surface area contributed by atoms with Gasteiger partial charge >= 0.3 is 5.97 Å². The van der Waals surface area contributed by atoms with Crippen LogP contribution in [0.3, 0.4) is 0 Å². The largest absolute Gasteiger partial charge is 0.466 e. The van der Waals surface area contributed by atoms with Gasteiger partial charge in [0.25, 0.3) is 0 Å². The van der Waals surface area contributed by atoms with Crippen molar-refractivity contribution >= 4 is 11.9 Å². The minimum atomic E-state index is -0.662. The van der Waals surface area contributed by atoms with Gasteiger partial charge in [0.2, 0.25) is 5.91 Å². The molecule has 3 N–H and O–H groups in total. The number of esters is 1. The third-order valence-electron chi connectivity index (χ3n) is 19.2. The van der Waals surface area contributed by atoms with E-state index in [9.17, 15) is 19.8 Å². The molecular formula is C79H157NO5. The Labute approximate surface area is 534 Å². The maximum absolute atomic E-state index is 12.6. The summed E-state index contributed by atoms with van der Waals surface area (Å²) in [5.41, 5.74) is 0. The van der Waals surface area contributed by atoms with Gasteiger partial charge in [0.15, 0.2) is 0 Å². The minimum Gasteiger partial charge on any atom is -0.466 e. The second-order valence-electron chi connectivity index (χ2n) is 27.8. The third kappa shape index (κ3) is 71.8. The minimum absolute atomic E-state index is 0.0244. The van der Waals surface area contributed by atoms with Crippen LogP contribution in [0.2, 0.25) is 0 Å². The van der Waals surface area contributed by atoms with E-state index in [-0.39, 0.29) is 18.5 Å². The van der Waals surface area contributed by atoms with Gasteiger partial charge in [-0.1, -0.05) is 431 Å². The number of carbonyl (C=O) groups is 2. The van der Waals surface area contributed by atoms with Crippen LogP contribution in [0.15, 0.2) is 0 Å². The fourth-order valence-electron chi connectivity index (χ4n) is 13.1. The Hall–Kier alpha value is -1.14. The van der Waals surface area contributed by atoms with Gasteiger partial charge in [-0.25, -0.2) is 0 Å². The molecule has 0 bridgehead atoms. The SMILES string of the molecule is CCCCCCCCCCCCCCCCCCCCCCCCC(O)C(CO)NC(=O)CCCCCCCCCCCCCCCCCCCCCCCCCCCCCCCCCOC(=O)CCCCCCCCCCCCCCCCC. The zero-order valence-electron chi connectivity index (χ0n) is 58.4. The van der Waals surface area contributed by atoms with Crippen molar-refractivity contribution in [2.45, 2.75) is 482 Å². The Balaban J connectivity index is 3.32. The molecule has 0 radical (unpaired) electrons. The van der Waals surface area contributed by atoms with Crippen molar-refractivity contribution in [2.75, 3.05) is 13.2 Å². The van der Waals surface area contributed by atoms with Gasteiger partial charge in [-0.15, -0.1) is 0 Å². The summed E-state index contributed by atoms with van der Waals surface area (Å²) in [6.45, 7) is 5.02. The van der Waals surface area contributed by atoms with E-state index >= 15 is 0 Å². The smallest absolute Gasteiger partial charge is 0.305 e. The molecule has 0 rings (SSSR count). The van der Waals surface area contributed by atoms with Crippen molar-refractivity contribution in [3.63, 3.8) is 0 Å². The molecule has 0 aromatic heterocycles. The molecule has 0 saturated heterocycles. The molecule has 0 spiro atoms. The topological polar surface area (TPSA) is 95.9 Å². The first kappa shape index (κ1) is 83.9. The molecule has 0 aromatic carbocycles. The molecule has 0 aromatic rings. The fraction of sp³-hybridized carbons (Fsp3) is 0.975. The number of hydrogen-bond donors (Lipinski definition) is 3. The number of nitrogens with one attached hydrogen (secondary N) is 1. The average molecular weight is 1200 g/mol. The Morgan fingerprint density at radius 2 is 0.482 bits per heavy atom. The first-order chi connectivity index (χ1) is 42.0. The molecule has 2 atom stereocenters. The fourth-order valence-corrected chi connectivity index (χ4v) is 13.1. The maximum Gasteiger partial charge on any atom is 0.305 e. The molecule has 0 aliphatic rings. The summed E-state index contributed by atoms with van der Waals surface area (Å²) >= 11 is 0. The molecule has 85 heavy (non-hydrogen) atoms. The average Bonchev–Trinajstić information content (AvgIpc) is 3.51. The molecule has 0 saturated carbocycles. The van der Waals surface area contributed by atoms with Crippen LogP contribution in [-0.4, -0.2) is 47.4 Å². The van der Waals surface area contributed by atoms with Crippen LogP contribution in [0, 0.1) is 0 Å². The summed E-state index contributed by atoms with van der Waals surface area (Å²) in [6, 6.07) is -0.538. The van der Waals surface area contributed by atoms with Gasteiger partial charge in [-0.2, -0.15) is 0 Å². The molecule has 0 fully saturated rings. The molecule has 0 aliphatic carbocycles. The number of ether oxygens (including phenoxy) is 1. The summed E-state index contributed by atoms with van der Waals surface area (Å²) < 4.78 is 5.51. The maximum atomic E-state index is 12.6. The van der Waals surface area contributed by atoms with Crippen LogP contribution in [-0.2, 0) is 14.3 Å². The van der Waals surface area contributed by atoms with Gasteiger partial charge < -0.3 is 20.3 Å². The van der Waals surface area contributed by atoms with Gasteiger partial charge in [0, 0.05) is 12.8 Å². The summed E-state index contributed by atoms with van der Waals surface area (Å²) in [6.07, 6.45) is 93.4. The highest BCUT2D eigenvalue weighted by atomic mass is 16.5. The number of rotatable bonds is 76. The zero-order valence-corrected chi connectivity index (χ0v) is 58.4. The lowest BCUT2D eigenvalue weighted by Gasteiger charge is -2.22. The van der Waals surface area contributed by atoms with E-state index in [0.717, 1.165) is 38.5 Å². The van der Waals surface area contributed by atoms with Gasteiger partial charge in [-0.05, 0) is 25.7 Å². The first-order valence-corrected chi connectivity index (χ1v) is 39.8. The van der Waals surface area contributed by atoms with E-state index in [4.69, 9.17) is 4.74 Å². The predicted molar refractivity (Wildman–Crippen MR) is 375 cm³/mol. The van der Waals surface area contributed by atoms with Gasteiger partial charge in [-0.3, -0.25) is 9.59 Å². The number of carbonyl (C=O) groups excluding carboxylic acids is 2. The molecule has 6 nitrogen and oxygen atoms in total. The van der Waals surface area contributed by atoms with Crippen molar-refractivity contribution in [3.05, 3.63) is 0 Å². The van der Waals surface area contributed by atoms with Crippen LogP contribution in [0.25, 0.3) is 0 Å². The van der Waals surface area contributed by atoms with Crippen LogP contribution in [0.1, 0.15) is 470 Å². The number of amides is 1. The Kier molecular flexibility index (Phi) is 74.3. The summed E-state index contributed by atoms with van der Waals surface area (Å²) in [7, 11) is 0. The van der Waals surface area contributed by atoms with Crippen LogP contribution in [0.5, 0.6) is 0 Å². The number of aliphatic hydroxyl groups excluding tert-OH is 2. The van der Waals surface area contributed by atoms with Crippen molar-refractivity contribution in [1.29, 1.82) is 0 Å². The number of aliphatic hydroxyl groups is 2. The lowest BCUT2D eigenvalue weighted by Crippen LogP contribution is -2.45. The van der Waals surface area contributed by atoms with E-state index in [0.29, 0.717) is 25.9 Å². The highest BCUT2D eigenvalue weighted by molar-refractivity contribution is 5.76. The highest BCUT2D eigenvalue weighted by Gasteiger charge is 2.20. The molecule has 0 aliphatic heterocycles. The van der Waals surface area contributed by atoms with Gasteiger partial charge in [0.05, 0.1) is 25.4 Å². The van der Waals surface area contributed by atoms with Crippen LogP contribution < -0.4 is 5.32 Å². The Morgan fingerprint density at radius 3 is 0.718 bits per heavy atom. The summed E-state index contributed by atoms with van der Waals surface area (Å²) in [5.74, 6) is 0.000735. The number of unbranched alkanes of at least 4 members (excludes halogenated alkanes) is 65. The lowest BCUT2D eigenvalue weighted by molar-refractivity contribution is -0.143. The Bertz CT molecular complexity index is 1240. The van der Waals surface area contributed by atoms with Crippen molar-refractivity contribution in [3.8, 4) is 0 Å². The zero-order chi connectivity index (χ0) is 61.3. The van der Waals surface area contributed by atoms with E-state index < -0.39 is 12.1 Å². The van der Waals surface area contributed by atoms with Crippen molar-refractivity contribution < 1.29 is 24.5 Å². The lowest BCUT2D eigenvalue weighted by atomic mass is 10.0. The molecule has 6 heteroatoms. The van der Waals surface area contributed by atoms with E-state index in [1.807, 2.05) is 0 Å². The normalized spacial score (nSPS) is 12.4. The van der Waals surface area contributed by atoms with E-state index in [2.05, 4.69) is 19.2 Å². The van der Waals surface area contributed by atoms with E-state index in [1.54, 1.807) is 0 Å². The monoisotopic (exact) mass is 1200 g/mol. The van der Waals surface area contributed by atoms with Crippen LogP contribution >= 0.6 is 0 Å². The second-order valence-corrected chi connectivity index (χ2v) is 27.8. The van der Waals surface area contributed by atoms with E-state index in [1.165, 1.54) is 398 Å². The quantitative estimate of drug-likeness (QED) is 0.0417. The molecule has 1 amide bonds. The standard InChI is InChI=1S/C79H157NO5/c1-3-5-7-9-11-13-15-17-19-20-21-22-34-37-40-44-47-51-55-59-63-67-71-77(82)76(75-81)80-78(83)72-68-64-60-56-52-48-45-41-38-35-32-30-28-26-24-23-25-27-29-31-33-36-39-42-46-50-54-58-62-66-70-74-85-79(84)73-69-65-61-57-53-49-43-18-16-14-12-10-8-6-4-2/h76-77,81-82H,3-75H2,1-2H3,(H,80,83).